The second-order valence-electron chi connectivity index (χ2n) is 11.4. The summed E-state index contributed by atoms with van der Waals surface area (Å²) in [7, 11) is 6.11. The second kappa shape index (κ2) is 11.1. The summed E-state index contributed by atoms with van der Waals surface area (Å²) in [4.78, 5) is 32.9. The molecular weight excluding hydrogens is 497 g/mol. The molecule has 2 saturated heterocycles. The van der Waals surface area contributed by atoms with Crippen LogP contribution in [-0.4, -0.2) is 62.7 Å². The van der Waals surface area contributed by atoms with Gasteiger partial charge >= 0.3 is 0 Å². The molecule has 0 unspecified atom stereocenters. The summed E-state index contributed by atoms with van der Waals surface area (Å²) < 4.78 is 0. The van der Waals surface area contributed by atoms with E-state index in [4.69, 9.17) is 13.7 Å². The lowest BCUT2D eigenvalue weighted by Crippen LogP contribution is -2.46. The van der Waals surface area contributed by atoms with E-state index in [2.05, 4.69) is 68.5 Å². The zero-order valence-electron chi connectivity index (χ0n) is 23.2. The van der Waals surface area contributed by atoms with Crippen molar-refractivity contribution in [2.45, 2.75) is 57.7 Å². The number of amides is 1. The predicted octanol–water partition coefficient (Wildman–Crippen LogP) is 5.00. The summed E-state index contributed by atoms with van der Waals surface area (Å²) in [5, 5.41) is 0. The molecule has 0 spiro atoms. The molecule has 2 aromatic heterocycles. The fourth-order valence-electron chi connectivity index (χ4n) is 5.86. The van der Waals surface area contributed by atoms with Gasteiger partial charge in [-0.2, -0.15) is 0 Å². The Morgan fingerprint density at radius 1 is 0.825 bits per heavy atom. The molecule has 0 saturated carbocycles. The number of nitrogens with zero attached hydrogens (tertiary/aromatic N) is 4. The number of hydrogen-bond donors (Lipinski definition) is 3. The SMILES string of the molecule is [B]N1CCC[C@H]1c1ncc(-c2ccc(-c3ccc(-c4cnc([C@@H]5CCCN5C(=O)[C@@H](N)C(C)C)[nH]4)cc3)cc2)[nH]1. The normalized spacial score (nSPS) is 20.4. The van der Waals surface area contributed by atoms with Crippen molar-refractivity contribution in [1.82, 2.24) is 29.6 Å². The minimum absolute atomic E-state index is 0.00908. The number of aromatic nitrogens is 4. The maximum absolute atomic E-state index is 12.9. The standard InChI is InChI=1S/C31H36BN7O/c1-19(2)28(33)31(40)38-15-3-5-26(38)29-34-17-24(36-29)22-11-7-20(8-12-22)21-9-13-23(14-10-21)25-18-35-30(37-25)27-6-4-16-39(27)32/h7-14,17-19,26-28H,3-6,15-16,33H2,1-2H3,(H,34,36)(H,35,37)/t26-,27-,28-/m0/s1. The minimum Gasteiger partial charge on any atom is -0.345 e. The predicted molar refractivity (Wildman–Crippen MR) is 158 cm³/mol. The van der Waals surface area contributed by atoms with Gasteiger partial charge in [0.05, 0.1) is 41.9 Å². The first-order valence-corrected chi connectivity index (χ1v) is 14.3. The van der Waals surface area contributed by atoms with Crippen LogP contribution < -0.4 is 5.73 Å². The highest BCUT2D eigenvalue weighted by Crippen LogP contribution is 2.34. The number of nitrogens with one attached hydrogen (secondary N) is 2. The van der Waals surface area contributed by atoms with E-state index in [9.17, 15) is 4.79 Å². The third kappa shape index (κ3) is 5.11. The molecule has 4 heterocycles. The van der Waals surface area contributed by atoms with Crippen LogP contribution in [0.25, 0.3) is 33.6 Å². The molecule has 2 aliphatic rings. The van der Waals surface area contributed by atoms with Crippen LogP contribution >= 0.6 is 0 Å². The van der Waals surface area contributed by atoms with Crippen LogP contribution in [0.5, 0.6) is 0 Å². The third-order valence-electron chi connectivity index (χ3n) is 8.38. The summed E-state index contributed by atoms with van der Waals surface area (Å²) in [6.45, 7) is 5.60. The summed E-state index contributed by atoms with van der Waals surface area (Å²) in [5.41, 5.74) is 12.6. The van der Waals surface area contributed by atoms with Gasteiger partial charge in [-0.3, -0.25) is 4.79 Å². The van der Waals surface area contributed by atoms with Crippen molar-refractivity contribution in [3.05, 3.63) is 72.6 Å². The first-order chi connectivity index (χ1) is 19.4. The van der Waals surface area contributed by atoms with Crippen molar-refractivity contribution in [3.63, 3.8) is 0 Å². The first kappa shape index (κ1) is 26.5. The Hall–Kier alpha value is -3.69. The summed E-state index contributed by atoms with van der Waals surface area (Å²) in [6, 6.07) is 16.6. The van der Waals surface area contributed by atoms with E-state index in [0.29, 0.717) is 0 Å². The van der Waals surface area contributed by atoms with Gasteiger partial charge in [0.25, 0.3) is 0 Å². The summed E-state index contributed by atoms with van der Waals surface area (Å²) in [5.74, 6) is 1.87. The van der Waals surface area contributed by atoms with Crippen LogP contribution in [0.3, 0.4) is 0 Å². The van der Waals surface area contributed by atoms with E-state index >= 15 is 0 Å². The zero-order valence-corrected chi connectivity index (χ0v) is 23.2. The van der Waals surface area contributed by atoms with Gasteiger partial charge in [0.15, 0.2) is 7.98 Å². The second-order valence-corrected chi connectivity index (χ2v) is 11.4. The average molecular weight is 533 g/mol. The highest BCUT2D eigenvalue weighted by Gasteiger charge is 2.35. The Morgan fingerprint density at radius 3 is 1.80 bits per heavy atom. The maximum atomic E-state index is 12.9. The molecule has 0 aliphatic carbocycles. The Kier molecular flexibility index (Phi) is 7.34. The summed E-state index contributed by atoms with van der Waals surface area (Å²) >= 11 is 0. The van der Waals surface area contributed by atoms with Crippen molar-refractivity contribution >= 4 is 13.9 Å². The Labute approximate surface area is 236 Å². The molecule has 204 valence electrons. The van der Waals surface area contributed by atoms with Gasteiger partial charge in [-0.15, -0.1) is 0 Å². The Morgan fingerprint density at radius 2 is 1.30 bits per heavy atom. The number of hydrogen-bond acceptors (Lipinski definition) is 5. The molecule has 9 heteroatoms. The summed E-state index contributed by atoms with van der Waals surface area (Å²) in [6.07, 6.45) is 7.73. The molecule has 8 nitrogen and oxygen atoms in total. The van der Waals surface area contributed by atoms with Gasteiger partial charge in [-0.25, -0.2) is 9.97 Å². The Bertz CT molecular complexity index is 1460. The molecule has 40 heavy (non-hydrogen) atoms. The number of benzene rings is 2. The van der Waals surface area contributed by atoms with E-state index in [1.165, 1.54) is 0 Å². The Balaban J connectivity index is 1.14. The van der Waals surface area contributed by atoms with Crippen molar-refractivity contribution < 1.29 is 4.79 Å². The van der Waals surface area contributed by atoms with Gasteiger partial charge < -0.3 is 25.4 Å². The fourth-order valence-corrected chi connectivity index (χ4v) is 5.86. The molecule has 2 aromatic carbocycles. The average Bonchev–Trinajstić information content (AvgIpc) is 3.78. The molecular formula is C31H36BN7O. The number of carbonyl (C=O) groups excluding carboxylic acids is 1. The molecule has 2 fully saturated rings. The first-order valence-electron chi connectivity index (χ1n) is 14.3. The highest BCUT2D eigenvalue weighted by molar-refractivity contribution is 6.04. The van der Waals surface area contributed by atoms with Crippen molar-refractivity contribution in [2.75, 3.05) is 13.1 Å². The van der Waals surface area contributed by atoms with E-state index in [0.717, 1.165) is 84.1 Å². The molecule has 1 amide bonds. The van der Waals surface area contributed by atoms with E-state index in [-0.39, 0.29) is 23.9 Å². The number of nitrogens with two attached hydrogens (primary N) is 1. The van der Waals surface area contributed by atoms with Crippen LogP contribution in [0.2, 0.25) is 0 Å². The smallest absolute Gasteiger partial charge is 0.240 e. The lowest BCUT2D eigenvalue weighted by atomic mass is 10.0. The van der Waals surface area contributed by atoms with E-state index in [1.54, 1.807) is 0 Å². The van der Waals surface area contributed by atoms with E-state index < -0.39 is 6.04 Å². The van der Waals surface area contributed by atoms with Gasteiger partial charge in [-0.05, 0) is 60.4 Å². The van der Waals surface area contributed by atoms with Crippen LogP contribution in [0, 0.1) is 5.92 Å². The topological polar surface area (TPSA) is 107 Å². The number of rotatable bonds is 7. The van der Waals surface area contributed by atoms with Crippen LogP contribution in [-0.2, 0) is 4.79 Å². The monoisotopic (exact) mass is 533 g/mol. The van der Waals surface area contributed by atoms with Crippen molar-refractivity contribution in [3.8, 4) is 33.6 Å². The molecule has 3 atom stereocenters. The number of aromatic amines is 2. The van der Waals surface area contributed by atoms with Crippen molar-refractivity contribution in [2.24, 2.45) is 11.7 Å². The molecule has 0 bridgehead atoms. The number of H-pyrrole nitrogens is 2. The molecule has 2 radical (unpaired) electrons. The van der Waals surface area contributed by atoms with Gasteiger partial charge in [0, 0.05) is 6.54 Å². The molecule has 2 aliphatic heterocycles. The number of likely N-dealkylation sites (tertiary alicyclic amines) is 1. The number of imidazole rings is 2. The van der Waals surface area contributed by atoms with Crippen LogP contribution in [0.1, 0.15) is 63.3 Å². The highest BCUT2D eigenvalue weighted by atomic mass is 16.2. The van der Waals surface area contributed by atoms with Gasteiger partial charge in [-0.1, -0.05) is 62.4 Å². The lowest BCUT2D eigenvalue weighted by molar-refractivity contribution is -0.134. The molecule has 4 aromatic rings. The quantitative estimate of drug-likeness (QED) is 0.290. The van der Waals surface area contributed by atoms with Gasteiger partial charge in [0.1, 0.15) is 11.6 Å². The number of carbonyl (C=O) groups is 1. The zero-order chi connectivity index (χ0) is 27.8. The van der Waals surface area contributed by atoms with Gasteiger partial charge in [0.2, 0.25) is 5.91 Å². The molecule has 6 rings (SSSR count). The fraction of sp³-hybridized carbons (Fsp3) is 0.387. The minimum atomic E-state index is -0.484. The largest absolute Gasteiger partial charge is 0.345 e. The maximum Gasteiger partial charge on any atom is 0.240 e. The molecule has 4 N–H and O–H groups in total. The third-order valence-corrected chi connectivity index (χ3v) is 8.38. The van der Waals surface area contributed by atoms with E-state index in [1.807, 2.05) is 36.0 Å². The van der Waals surface area contributed by atoms with Crippen LogP contribution in [0.4, 0.5) is 0 Å². The van der Waals surface area contributed by atoms with Crippen molar-refractivity contribution in [1.29, 1.82) is 0 Å². The van der Waals surface area contributed by atoms with Crippen LogP contribution in [0.15, 0.2) is 60.9 Å². The lowest BCUT2D eigenvalue weighted by Gasteiger charge is -2.27.